The number of benzene rings is 2. The molecule has 0 spiro atoms. The van der Waals surface area contributed by atoms with E-state index >= 15 is 0 Å². The first-order chi connectivity index (χ1) is 14.5. The lowest BCUT2D eigenvalue weighted by Crippen LogP contribution is -2.57. The van der Waals surface area contributed by atoms with Gasteiger partial charge in [-0.15, -0.1) is 0 Å². The summed E-state index contributed by atoms with van der Waals surface area (Å²) >= 11 is 0. The van der Waals surface area contributed by atoms with Gasteiger partial charge in [-0.2, -0.15) is 0 Å². The van der Waals surface area contributed by atoms with Crippen LogP contribution >= 0.6 is 0 Å². The first kappa shape index (κ1) is 20.5. The lowest BCUT2D eigenvalue weighted by Gasteiger charge is -2.42. The van der Waals surface area contributed by atoms with Gasteiger partial charge in [0, 0.05) is 45.3 Å². The van der Waals surface area contributed by atoms with Crippen molar-refractivity contribution in [2.24, 2.45) is 0 Å². The molecule has 0 radical (unpaired) electrons. The van der Waals surface area contributed by atoms with Gasteiger partial charge in [0.25, 0.3) is 5.91 Å². The summed E-state index contributed by atoms with van der Waals surface area (Å²) in [5, 5.41) is 0. The molecule has 0 bridgehead atoms. The van der Waals surface area contributed by atoms with Gasteiger partial charge in [0.2, 0.25) is 5.91 Å². The normalized spacial score (nSPS) is 22.9. The number of likely N-dealkylation sites (N-methyl/N-ethyl adjacent to an activating group) is 1. The predicted molar refractivity (Wildman–Crippen MR) is 110 cm³/mol. The molecule has 0 N–H and O–H groups in total. The Morgan fingerprint density at radius 2 is 1.70 bits per heavy atom. The van der Waals surface area contributed by atoms with Gasteiger partial charge >= 0.3 is 0 Å². The van der Waals surface area contributed by atoms with E-state index in [4.69, 9.17) is 4.74 Å². The molecule has 2 saturated heterocycles. The van der Waals surface area contributed by atoms with Gasteiger partial charge in [0.1, 0.15) is 12.4 Å². The fraction of sp³-hybridized carbons (Fsp3) is 0.391. The molecular weight excluding hydrogens is 385 g/mol. The lowest BCUT2D eigenvalue weighted by molar-refractivity contribution is -0.168. The molecule has 4 rings (SSSR count). The van der Waals surface area contributed by atoms with Crippen LogP contribution in [0.1, 0.15) is 17.2 Å². The molecule has 158 valence electrons. The fourth-order valence-corrected chi connectivity index (χ4v) is 4.15. The molecule has 2 amide bonds. The molecule has 7 heteroatoms. The number of halogens is 1. The molecule has 2 atom stereocenters. The van der Waals surface area contributed by atoms with Crippen molar-refractivity contribution < 1.29 is 18.7 Å². The summed E-state index contributed by atoms with van der Waals surface area (Å²) in [5.41, 5.74) is 1.54. The second-order valence-electron chi connectivity index (χ2n) is 7.79. The third-order valence-corrected chi connectivity index (χ3v) is 5.88. The van der Waals surface area contributed by atoms with Crippen molar-refractivity contribution in [1.82, 2.24) is 14.7 Å². The molecule has 2 aromatic rings. The number of nitrogens with zero attached hydrogens (tertiary/aromatic N) is 3. The van der Waals surface area contributed by atoms with Crippen LogP contribution in [0.2, 0.25) is 0 Å². The number of carbonyl (C=O) groups excluding carboxylic acids is 2. The maximum Gasteiger partial charge on any atom is 0.254 e. The Morgan fingerprint density at radius 1 is 1.03 bits per heavy atom. The Hall–Kier alpha value is -2.77. The number of rotatable bonds is 4. The van der Waals surface area contributed by atoms with E-state index < -0.39 is 18.0 Å². The maximum atomic E-state index is 14.5. The van der Waals surface area contributed by atoms with E-state index in [1.165, 1.54) is 16.5 Å². The van der Waals surface area contributed by atoms with Crippen molar-refractivity contribution in [1.29, 1.82) is 0 Å². The SMILES string of the molecule is CN1C(=O)CO[C@H](C(=O)N2CCN(Cc3ccccc3)CC2)[C@@H]1c1ccccc1F. The summed E-state index contributed by atoms with van der Waals surface area (Å²) in [5.74, 6) is -0.903. The summed E-state index contributed by atoms with van der Waals surface area (Å²) in [7, 11) is 1.60. The molecular formula is C23H26FN3O3. The van der Waals surface area contributed by atoms with E-state index in [2.05, 4.69) is 17.0 Å². The number of amides is 2. The molecule has 2 aliphatic rings. The highest BCUT2D eigenvalue weighted by Gasteiger charge is 2.43. The summed E-state index contributed by atoms with van der Waals surface area (Å²) in [4.78, 5) is 31.0. The Balaban J connectivity index is 1.45. The van der Waals surface area contributed by atoms with Gasteiger partial charge in [-0.3, -0.25) is 14.5 Å². The van der Waals surface area contributed by atoms with Crippen LogP contribution in [0.15, 0.2) is 54.6 Å². The smallest absolute Gasteiger partial charge is 0.254 e. The Morgan fingerprint density at radius 3 is 2.40 bits per heavy atom. The minimum atomic E-state index is -0.912. The van der Waals surface area contributed by atoms with Crippen LogP contribution < -0.4 is 0 Å². The van der Waals surface area contributed by atoms with Crippen molar-refractivity contribution in [2.75, 3.05) is 39.8 Å². The molecule has 2 aromatic carbocycles. The van der Waals surface area contributed by atoms with E-state index in [-0.39, 0.29) is 18.4 Å². The summed E-state index contributed by atoms with van der Waals surface area (Å²) in [6.07, 6.45) is -0.912. The number of ether oxygens (including phenoxy) is 1. The van der Waals surface area contributed by atoms with E-state index in [1.54, 1.807) is 30.1 Å². The molecule has 2 fully saturated rings. The molecule has 6 nitrogen and oxygen atoms in total. The number of hydrogen-bond acceptors (Lipinski definition) is 4. The van der Waals surface area contributed by atoms with Crippen molar-refractivity contribution in [3.05, 3.63) is 71.5 Å². The van der Waals surface area contributed by atoms with Crippen LogP contribution in [0, 0.1) is 5.82 Å². The largest absolute Gasteiger partial charge is 0.356 e. The maximum absolute atomic E-state index is 14.5. The molecule has 0 unspecified atom stereocenters. The topological polar surface area (TPSA) is 53.1 Å². The van der Waals surface area contributed by atoms with Crippen LogP contribution in [0.25, 0.3) is 0 Å². The van der Waals surface area contributed by atoms with Gasteiger partial charge in [-0.05, 0) is 11.6 Å². The van der Waals surface area contributed by atoms with Crippen molar-refractivity contribution in [2.45, 2.75) is 18.7 Å². The number of morpholine rings is 1. The zero-order valence-corrected chi connectivity index (χ0v) is 17.0. The fourth-order valence-electron chi connectivity index (χ4n) is 4.15. The average molecular weight is 411 g/mol. The first-order valence-electron chi connectivity index (χ1n) is 10.2. The number of carbonyl (C=O) groups is 2. The average Bonchev–Trinajstić information content (AvgIpc) is 2.77. The van der Waals surface area contributed by atoms with Crippen LogP contribution in [-0.2, 0) is 20.9 Å². The monoisotopic (exact) mass is 411 g/mol. The van der Waals surface area contributed by atoms with Gasteiger partial charge in [-0.1, -0.05) is 48.5 Å². The van der Waals surface area contributed by atoms with Crippen molar-refractivity contribution >= 4 is 11.8 Å². The van der Waals surface area contributed by atoms with Crippen LogP contribution in [-0.4, -0.2) is 72.5 Å². The quantitative estimate of drug-likeness (QED) is 0.773. The van der Waals surface area contributed by atoms with Crippen molar-refractivity contribution in [3.8, 4) is 0 Å². The highest BCUT2D eigenvalue weighted by molar-refractivity contribution is 5.86. The zero-order chi connectivity index (χ0) is 21.1. The standard InChI is InChI=1S/C23H26FN3O3/c1-25-20(28)16-30-22(21(25)18-9-5-6-10-19(18)24)23(29)27-13-11-26(12-14-27)15-17-7-3-2-4-8-17/h2-10,21-22H,11-16H2,1H3/t21-,22-/m0/s1. The summed E-state index contributed by atoms with van der Waals surface area (Å²) in [6.45, 7) is 3.34. The lowest BCUT2D eigenvalue weighted by atomic mass is 9.96. The van der Waals surface area contributed by atoms with Crippen LogP contribution in [0.4, 0.5) is 4.39 Å². The van der Waals surface area contributed by atoms with Crippen molar-refractivity contribution in [3.63, 3.8) is 0 Å². The third-order valence-electron chi connectivity index (χ3n) is 5.88. The van der Waals surface area contributed by atoms with Gasteiger partial charge in [0.15, 0.2) is 6.10 Å². The van der Waals surface area contributed by atoms with Crippen LogP contribution in [0.3, 0.4) is 0 Å². The number of hydrogen-bond donors (Lipinski definition) is 0. The minimum Gasteiger partial charge on any atom is -0.356 e. The summed E-state index contributed by atoms with van der Waals surface area (Å²) in [6, 6.07) is 15.7. The van der Waals surface area contributed by atoms with Crippen LogP contribution in [0.5, 0.6) is 0 Å². The van der Waals surface area contributed by atoms with E-state index in [0.717, 1.165) is 19.6 Å². The Kier molecular flexibility index (Phi) is 6.11. The third kappa shape index (κ3) is 4.22. The molecule has 0 saturated carbocycles. The minimum absolute atomic E-state index is 0.175. The Bertz CT molecular complexity index is 900. The molecule has 30 heavy (non-hydrogen) atoms. The Labute approximate surface area is 175 Å². The van der Waals surface area contributed by atoms with E-state index in [9.17, 15) is 14.0 Å². The summed E-state index contributed by atoms with van der Waals surface area (Å²) < 4.78 is 20.1. The second kappa shape index (κ2) is 8.93. The molecule has 0 aliphatic carbocycles. The molecule has 2 heterocycles. The van der Waals surface area contributed by atoms with E-state index in [1.807, 2.05) is 18.2 Å². The van der Waals surface area contributed by atoms with Gasteiger partial charge in [0.05, 0.1) is 6.04 Å². The highest BCUT2D eigenvalue weighted by Crippen LogP contribution is 2.32. The first-order valence-corrected chi connectivity index (χ1v) is 10.2. The van der Waals surface area contributed by atoms with E-state index in [0.29, 0.717) is 18.7 Å². The number of piperazine rings is 1. The van der Waals surface area contributed by atoms with Gasteiger partial charge < -0.3 is 14.5 Å². The molecule has 0 aromatic heterocycles. The highest BCUT2D eigenvalue weighted by atomic mass is 19.1. The second-order valence-corrected chi connectivity index (χ2v) is 7.79. The molecule has 2 aliphatic heterocycles. The predicted octanol–water partition coefficient (Wildman–Crippen LogP) is 2.07. The zero-order valence-electron chi connectivity index (χ0n) is 17.0. The van der Waals surface area contributed by atoms with Gasteiger partial charge in [-0.25, -0.2) is 4.39 Å².